The molecule has 0 saturated heterocycles. The Morgan fingerprint density at radius 1 is 0.946 bits per heavy atom. The minimum Gasteiger partial charge on any atom is -0.406 e. The van der Waals surface area contributed by atoms with Crippen molar-refractivity contribution in [2.24, 2.45) is 5.10 Å². The molecule has 0 aliphatic rings. The van der Waals surface area contributed by atoms with E-state index in [2.05, 4.69) is 20.6 Å². The molecule has 6 nitrogen and oxygen atoms in total. The van der Waals surface area contributed by atoms with Crippen molar-refractivity contribution in [1.82, 2.24) is 5.43 Å². The third-order valence-electron chi connectivity index (χ3n) is 4.80. The van der Waals surface area contributed by atoms with Crippen LogP contribution in [0, 0.1) is 11.3 Å². The van der Waals surface area contributed by atoms with Crippen LogP contribution in [0.2, 0.25) is 0 Å². The average Bonchev–Trinajstić information content (AvgIpc) is 2.84. The SMILES string of the molecule is N#Cc1ccc(C/C(=N\NCC(=O)Nc2ccc(OC(F)(F)F)cc2)c2cccc(C(F)(F)F)c2)cc1. The molecule has 0 aliphatic carbocycles. The highest BCUT2D eigenvalue weighted by Crippen LogP contribution is 2.30. The van der Waals surface area contributed by atoms with E-state index in [-0.39, 0.29) is 29.9 Å². The number of hydrogen-bond donors (Lipinski definition) is 2. The van der Waals surface area contributed by atoms with Crippen LogP contribution in [-0.4, -0.2) is 24.5 Å². The van der Waals surface area contributed by atoms with Crippen molar-refractivity contribution in [3.05, 3.63) is 95.1 Å². The summed E-state index contributed by atoms with van der Waals surface area (Å²) in [4.78, 5) is 12.2. The molecule has 3 rings (SSSR count). The van der Waals surface area contributed by atoms with E-state index < -0.39 is 29.8 Å². The van der Waals surface area contributed by atoms with Gasteiger partial charge in [0.2, 0.25) is 5.91 Å². The van der Waals surface area contributed by atoms with Crippen LogP contribution < -0.4 is 15.5 Å². The van der Waals surface area contributed by atoms with Gasteiger partial charge in [-0.3, -0.25) is 4.79 Å². The zero-order valence-electron chi connectivity index (χ0n) is 18.8. The van der Waals surface area contributed by atoms with Crippen molar-refractivity contribution >= 4 is 17.3 Å². The number of alkyl halides is 6. The van der Waals surface area contributed by atoms with E-state index in [1.54, 1.807) is 24.3 Å². The van der Waals surface area contributed by atoms with Crippen molar-refractivity contribution in [1.29, 1.82) is 5.26 Å². The van der Waals surface area contributed by atoms with E-state index in [9.17, 15) is 31.1 Å². The number of carbonyl (C=O) groups excluding carboxylic acids is 1. The lowest BCUT2D eigenvalue weighted by molar-refractivity contribution is -0.274. The monoisotopic (exact) mass is 520 g/mol. The van der Waals surface area contributed by atoms with Gasteiger partial charge in [-0.15, -0.1) is 13.2 Å². The number of amides is 1. The summed E-state index contributed by atoms with van der Waals surface area (Å²) in [6.45, 7) is -0.378. The molecule has 0 unspecified atom stereocenters. The lowest BCUT2D eigenvalue weighted by Crippen LogP contribution is -2.26. The molecule has 12 heteroatoms. The van der Waals surface area contributed by atoms with E-state index in [0.717, 1.165) is 24.3 Å². The largest absolute Gasteiger partial charge is 0.573 e. The van der Waals surface area contributed by atoms with Gasteiger partial charge in [-0.2, -0.15) is 23.5 Å². The van der Waals surface area contributed by atoms with Crippen LogP contribution in [0.15, 0.2) is 77.9 Å². The van der Waals surface area contributed by atoms with Gasteiger partial charge in [0.25, 0.3) is 0 Å². The van der Waals surface area contributed by atoms with Gasteiger partial charge in [0.1, 0.15) is 12.3 Å². The number of anilines is 1. The summed E-state index contributed by atoms with van der Waals surface area (Å²) in [6.07, 6.45) is -9.31. The summed E-state index contributed by atoms with van der Waals surface area (Å²) in [6, 6.07) is 17.4. The van der Waals surface area contributed by atoms with Gasteiger partial charge in [0.05, 0.1) is 22.9 Å². The summed E-state index contributed by atoms with van der Waals surface area (Å²) >= 11 is 0. The van der Waals surface area contributed by atoms with E-state index >= 15 is 0 Å². The number of rotatable bonds is 8. The number of nitrogens with zero attached hydrogens (tertiary/aromatic N) is 2. The first-order valence-corrected chi connectivity index (χ1v) is 10.5. The van der Waals surface area contributed by atoms with E-state index in [4.69, 9.17) is 5.26 Å². The Morgan fingerprint density at radius 3 is 2.22 bits per heavy atom. The van der Waals surface area contributed by atoms with E-state index in [0.29, 0.717) is 11.1 Å². The number of ether oxygens (including phenoxy) is 1. The highest BCUT2D eigenvalue weighted by Gasteiger charge is 2.31. The quantitative estimate of drug-likeness (QED) is 0.228. The molecule has 0 spiro atoms. The second-order valence-corrected chi connectivity index (χ2v) is 7.58. The zero-order chi connectivity index (χ0) is 27.1. The second kappa shape index (κ2) is 11.5. The fraction of sp³-hybridized carbons (Fsp3) is 0.160. The van der Waals surface area contributed by atoms with Crippen LogP contribution in [0.3, 0.4) is 0 Å². The topological polar surface area (TPSA) is 86.5 Å². The van der Waals surface area contributed by atoms with Crippen molar-refractivity contribution in [2.45, 2.75) is 19.0 Å². The van der Waals surface area contributed by atoms with Crippen LogP contribution in [0.25, 0.3) is 0 Å². The molecule has 192 valence electrons. The van der Waals surface area contributed by atoms with Crippen molar-refractivity contribution < 1.29 is 35.9 Å². The highest BCUT2D eigenvalue weighted by atomic mass is 19.4. The molecule has 1 amide bonds. The molecular formula is C25H18F6N4O2. The van der Waals surface area contributed by atoms with Crippen LogP contribution in [-0.2, 0) is 17.4 Å². The molecule has 0 aliphatic heterocycles. The molecule has 0 aromatic heterocycles. The Balaban J connectivity index is 1.72. The van der Waals surface area contributed by atoms with Crippen molar-refractivity contribution in [2.75, 3.05) is 11.9 Å². The maximum atomic E-state index is 13.2. The maximum Gasteiger partial charge on any atom is 0.573 e. The Kier molecular flexibility index (Phi) is 8.39. The van der Waals surface area contributed by atoms with Gasteiger partial charge < -0.3 is 15.5 Å². The van der Waals surface area contributed by atoms with Crippen molar-refractivity contribution in [3.63, 3.8) is 0 Å². The standard InChI is InChI=1S/C25H18F6N4O2/c26-24(27,28)19-3-1-2-18(13-19)22(12-16-4-6-17(14-32)7-5-16)35-33-15-23(36)34-20-8-10-21(11-9-20)37-25(29,30)31/h1-11,13,33H,12,15H2,(H,34,36)/b35-22+. The smallest absolute Gasteiger partial charge is 0.406 e. The number of carbonyl (C=O) groups is 1. The highest BCUT2D eigenvalue weighted by molar-refractivity contribution is 6.02. The van der Waals surface area contributed by atoms with Gasteiger partial charge in [0.15, 0.2) is 0 Å². The van der Waals surface area contributed by atoms with E-state index in [1.165, 1.54) is 24.3 Å². The van der Waals surface area contributed by atoms with E-state index in [1.807, 2.05) is 6.07 Å². The fourth-order valence-electron chi connectivity index (χ4n) is 3.12. The van der Waals surface area contributed by atoms with Gasteiger partial charge in [-0.05, 0) is 59.7 Å². The average molecular weight is 520 g/mol. The third kappa shape index (κ3) is 8.57. The number of nitriles is 1. The molecule has 0 saturated carbocycles. The minimum absolute atomic E-state index is 0.0995. The van der Waals surface area contributed by atoms with Crippen LogP contribution in [0.5, 0.6) is 5.75 Å². The fourth-order valence-corrected chi connectivity index (χ4v) is 3.12. The molecule has 0 bridgehead atoms. The molecule has 2 N–H and O–H groups in total. The molecule has 37 heavy (non-hydrogen) atoms. The molecule has 0 heterocycles. The summed E-state index contributed by atoms with van der Waals surface area (Å²) in [5, 5.41) is 15.5. The summed E-state index contributed by atoms with van der Waals surface area (Å²) < 4.78 is 80.1. The number of benzene rings is 3. The lowest BCUT2D eigenvalue weighted by atomic mass is 9.99. The normalized spacial score (nSPS) is 12.0. The molecule has 0 atom stereocenters. The number of hydrazone groups is 1. The second-order valence-electron chi connectivity index (χ2n) is 7.58. The summed E-state index contributed by atoms with van der Waals surface area (Å²) in [5.41, 5.74) is 3.30. The van der Waals surface area contributed by atoms with Crippen LogP contribution in [0.1, 0.15) is 22.3 Å². The van der Waals surface area contributed by atoms with Crippen LogP contribution >= 0.6 is 0 Å². The number of hydrogen-bond acceptors (Lipinski definition) is 5. The van der Waals surface area contributed by atoms with Gasteiger partial charge in [-0.1, -0.05) is 24.3 Å². The van der Waals surface area contributed by atoms with Gasteiger partial charge in [0, 0.05) is 12.1 Å². The molecule has 0 fully saturated rings. The Hall–Kier alpha value is -4.53. The first-order valence-electron chi connectivity index (χ1n) is 10.5. The Bertz CT molecular complexity index is 1290. The zero-order valence-corrected chi connectivity index (χ0v) is 18.8. The van der Waals surface area contributed by atoms with Crippen LogP contribution in [0.4, 0.5) is 32.0 Å². The first-order chi connectivity index (χ1) is 17.4. The lowest BCUT2D eigenvalue weighted by Gasteiger charge is -2.12. The molecular weight excluding hydrogens is 502 g/mol. The first kappa shape index (κ1) is 27.1. The number of nitrogens with one attached hydrogen (secondary N) is 2. The predicted molar refractivity (Wildman–Crippen MR) is 123 cm³/mol. The number of halogens is 6. The molecule has 0 radical (unpaired) electrons. The van der Waals surface area contributed by atoms with Gasteiger partial charge in [-0.25, -0.2) is 0 Å². The Morgan fingerprint density at radius 2 is 1.62 bits per heavy atom. The molecule has 3 aromatic rings. The Labute approximate surface area is 207 Å². The predicted octanol–water partition coefficient (Wildman–Crippen LogP) is 5.65. The third-order valence-corrected chi connectivity index (χ3v) is 4.80. The van der Waals surface area contributed by atoms with Crippen molar-refractivity contribution in [3.8, 4) is 11.8 Å². The minimum atomic E-state index is -4.85. The maximum absolute atomic E-state index is 13.2. The molecule has 3 aromatic carbocycles. The summed E-state index contributed by atoms with van der Waals surface area (Å²) in [7, 11) is 0. The summed E-state index contributed by atoms with van der Waals surface area (Å²) in [5.74, 6) is -1.06. The van der Waals surface area contributed by atoms with Gasteiger partial charge >= 0.3 is 12.5 Å².